The lowest BCUT2D eigenvalue weighted by atomic mass is 10.2. The molecule has 0 aliphatic carbocycles. The first-order chi connectivity index (χ1) is 13.7. The van der Waals surface area contributed by atoms with Crippen LogP contribution in [0.3, 0.4) is 0 Å². The molecule has 3 aromatic rings. The van der Waals surface area contributed by atoms with Crippen LogP contribution < -0.4 is 4.74 Å². The molecule has 29 heavy (non-hydrogen) atoms. The van der Waals surface area contributed by atoms with Crippen molar-refractivity contribution < 1.29 is 27.4 Å². The number of carbonyl (C=O) groups excluding carboxylic acids is 1. The van der Waals surface area contributed by atoms with Gasteiger partial charge in [-0.3, -0.25) is 0 Å². The van der Waals surface area contributed by atoms with Gasteiger partial charge < -0.3 is 9.47 Å². The molecule has 0 unspecified atom stereocenters. The van der Waals surface area contributed by atoms with Crippen molar-refractivity contribution in [1.29, 1.82) is 0 Å². The molecule has 0 spiro atoms. The minimum atomic E-state index is -4.61. The Hall–Kier alpha value is -3.20. The third-order valence-electron chi connectivity index (χ3n) is 3.58. The van der Waals surface area contributed by atoms with Crippen molar-refractivity contribution >= 4 is 17.6 Å². The van der Waals surface area contributed by atoms with Crippen LogP contribution in [0.15, 0.2) is 48.7 Å². The molecular weight excluding hydrogens is 411 g/mol. The Morgan fingerprint density at radius 3 is 2.45 bits per heavy atom. The van der Waals surface area contributed by atoms with Crippen LogP contribution in [0.5, 0.6) is 11.6 Å². The standard InChI is InChI=1S/C19H13ClF3N3O3/c1-11-25-15(19(21,22)23)8-17(26-11)29-14-5-3-13(4-6-14)18(27)28-10-12-2-7-16(20)24-9-12/h2-9H,10H2,1H3. The average Bonchev–Trinajstić information content (AvgIpc) is 2.67. The summed E-state index contributed by atoms with van der Waals surface area (Å²) in [5.74, 6) is -0.708. The first-order valence-electron chi connectivity index (χ1n) is 8.19. The van der Waals surface area contributed by atoms with Crippen LogP contribution in [0, 0.1) is 6.92 Å². The zero-order valence-electron chi connectivity index (χ0n) is 14.9. The minimum Gasteiger partial charge on any atom is -0.457 e. The van der Waals surface area contributed by atoms with Crippen LogP contribution in [0.25, 0.3) is 0 Å². The Kier molecular flexibility index (Phi) is 5.97. The predicted octanol–water partition coefficient (Wildman–Crippen LogP) is 5.00. The number of alkyl halides is 3. The van der Waals surface area contributed by atoms with Gasteiger partial charge in [0, 0.05) is 17.8 Å². The van der Waals surface area contributed by atoms with Gasteiger partial charge in [-0.2, -0.15) is 18.2 Å². The van der Waals surface area contributed by atoms with E-state index >= 15 is 0 Å². The Labute approximate surface area is 168 Å². The quantitative estimate of drug-likeness (QED) is 0.424. The highest BCUT2D eigenvalue weighted by atomic mass is 35.5. The highest BCUT2D eigenvalue weighted by molar-refractivity contribution is 6.29. The number of esters is 1. The topological polar surface area (TPSA) is 74.2 Å². The van der Waals surface area contributed by atoms with Crippen molar-refractivity contribution in [2.75, 3.05) is 0 Å². The maximum Gasteiger partial charge on any atom is 0.433 e. The number of aryl methyl sites for hydroxylation is 1. The van der Waals surface area contributed by atoms with E-state index in [0.717, 1.165) is 0 Å². The normalized spacial score (nSPS) is 11.2. The summed E-state index contributed by atoms with van der Waals surface area (Å²) in [4.78, 5) is 23.2. The van der Waals surface area contributed by atoms with Gasteiger partial charge in [0.05, 0.1) is 5.56 Å². The monoisotopic (exact) mass is 423 g/mol. The highest BCUT2D eigenvalue weighted by Gasteiger charge is 2.33. The maximum atomic E-state index is 12.8. The summed E-state index contributed by atoms with van der Waals surface area (Å²) in [7, 11) is 0. The molecule has 0 aliphatic rings. The molecule has 0 atom stereocenters. The third kappa shape index (κ3) is 5.64. The molecule has 3 rings (SSSR count). The number of pyridine rings is 1. The summed E-state index contributed by atoms with van der Waals surface area (Å²) in [6.07, 6.45) is -3.12. The molecule has 6 nitrogen and oxygen atoms in total. The molecule has 0 aliphatic heterocycles. The Morgan fingerprint density at radius 2 is 1.83 bits per heavy atom. The fourth-order valence-electron chi connectivity index (χ4n) is 2.24. The molecule has 0 N–H and O–H groups in total. The van der Waals surface area contributed by atoms with Gasteiger partial charge in [0.25, 0.3) is 0 Å². The van der Waals surface area contributed by atoms with Gasteiger partial charge in [-0.05, 0) is 37.3 Å². The molecule has 10 heteroatoms. The summed E-state index contributed by atoms with van der Waals surface area (Å²) in [5, 5.41) is 0.330. The van der Waals surface area contributed by atoms with Gasteiger partial charge in [-0.15, -0.1) is 0 Å². The van der Waals surface area contributed by atoms with E-state index in [2.05, 4.69) is 15.0 Å². The van der Waals surface area contributed by atoms with Gasteiger partial charge >= 0.3 is 12.1 Å². The third-order valence-corrected chi connectivity index (χ3v) is 3.80. The number of benzene rings is 1. The fraction of sp³-hybridized carbons (Fsp3) is 0.158. The summed E-state index contributed by atoms with van der Waals surface area (Å²) in [5.41, 5.74) is -0.187. The van der Waals surface area contributed by atoms with E-state index in [0.29, 0.717) is 16.8 Å². The number of nitrogens with zero attached hydrogens (tertiary/aromatic N) is 3. The van der Waals surface area contributed by atoms with E-state index in [9.17, 15) is 18.0 Å². The first-order valence-corrected chi connectivity index (χ1v) is 8.57. The van der Waals surface area contributed by atoms with E-state index in [1.165, 1.54) is 37.4 Å². The number of ether oxygens (including phenoxy) is 2. The Bertz CT molecular complexity index is 1010. The molecule has 0 fully saturated rings. The average molecular weight is 424 g/mol. The second-order valence-electron chi connectivity index (χ2n) is 5.83. The summed E-state index contributed by atoms with van der Waals surface area (Å²) in [6.45, 7) is 1.35. The minimum absolute atomic E-state index is 0.0156. The molecular formula is C19H13ClF3N3O3. The first kappa shape index (κ1) is 20.5. The van der Waals surface area contributed by atoms with Crippen LogP contribution in [-0.4, -0.2) is 20.9 Å². The molecule has 0 saturated carbocycles. The number of aromatic nitrogens is 3. The van der Waals surface area contributed by atoms with Gasteiger partial charge in [0.2, 0.25) is 5.88 Å². The molecule has 0 saturated heterocycles. The van der Waals surface area contributed by atoms with Crippen molar-refractivity contribution in [3.05, 3.63) is 76.5 Å². The zero-order chi connectivity index (χ0) is 21.0. The SMILES string of the molecule is Cc1nc(Oc2ccc(C(=O)OCc3ccc(Cl)nc3)cc2)cc(C(F)(F)F)n1. The molecule has 2 heterocycles. The Balaban J connectivity index is 1.65. The van der Waals surface area contributed by atoms with Crippen LogP contribution in [-0.2, 0) is 17.5 Å². The van der Waals surface area contributed by atoms with Gasteiger partial charge in [-0.1, -0.05) is 17.7 Å². The molecule has 0 amide bonds. The smallest absolute Gasteiger partial charge is 0.433 e. The van der Waals surface area contributed by atoms with E-state index in [-0.39, 0.29) is 29.6 Å². The number of carbonyl (C=O) groups is 1. The lowest BCUT2D eigenvalue weighted by Gasteiger charge is -2.10. The van der Waals surface area contributed by atoms with Crippen LogP contribution >= 0.6 is 11.6 Å². The number of rotatable bonds is 5. The second kappa shape index (κ2) is 8.44. The Morgan fingerprint density at radius 1 is 1.10 bits per heavy atom. The van der Waals surface area contributed by atoms with Crippen molar-refractivity contribution in [1.82, 2.24) is 15.0 Å². The van der Waals surface area contributed by atoms with Gasteiger partial charge in [0.15, 0.2) is 5.69 Å². The van der Waals surface area contributed by atoms with Crippen molar-refractivity contribution in [3.8, 4) is 11.6 Å². The van der Waals surface area contributed by atoms with Crippen LogP contribution in [0.2, 0.25) is 5.15 Å². The number of halogens is 4. The summed E-state index contributed by atoms with van der Waals surface area (Å²) >= 11 is 5.69. The van der Waals surface area contributed by atoms with E-state index in [4.69, 9.17) is 21.1 Å². The number of hydrogen-bond donors (Lipinski definition) is 0. The summed E-state index contributed by atoms with van der Waals surface area (Å²) in [6, 6.07) is 9.66. The van der Waals surface area contributed by atoms with Gasteiger partial charge in [0.1, 0.15) is 23.3 Å². The van der Waals surface area contributed by atoms with Gasteiger partial charge in [-0.25, -0.2) is 14.8 Å². The second-order valence-corrected chi connectivity index (χ2v) is 6.22. The van der Waals surface area contributed by atoms with E-state index in [1.54, 1.807) is 12.1 Å². The van der Waals surface area contributed by atoms with E-state index < -0.39 is 17.8 Å². The van der Waals surface area contributed by atoms with Crippen LogP contribution in [0.1, 0.15) is 27.4 Å². The number of hydrogen-bond acceptors (Lipinski definition) is 6. The lowest BCUT2D eigenvalue weighted by molar-refractivity contribution is -0.141. The predicted molar refractivity (Wildman–Crippen MR) is 96.7 cm³/mol. The van der Waals surface area contributed by atoms with E-state index in [1.807, 2.05) is 0 Å². The van der Waals surface area contributed by atoms with Crippen LogP contribution in [0.4, 0.5) is 13.2 Å². The molecule has 0 bridgehead atoms. The summed E-state index contributed by atoms with van der Waals surface area (Å²) < 4.78 is 49.0. The highest BCUT2D eigenvalue weighted by Crippen LogP contribution is 2.30. The molecule has 1 aromatic carbocycles. The molecule has 150 valence electrons. The molecule has 2 aromatic heterocycles. The van der Waals surface area contributed by atoms with Crippen molar-refractivity contribution in [2.45, 2.75) is 19.7 Å². The maximum absolute atomic E-state index is 12.8. The lowest BCUT2D eigenvalue weighted by Crippen LogP contribution is -2.10. The molecule has 0 radical (unpaired) electrons. The van der Waals surface area contributed by atoms with Crippen molar-refractivity contribution in [2.24, 2.45) is 0 Å². The largest absolute Gasteiger partial charge is 0.457 e. The zero-order valence-corrected chi connectivity index (χ0v) is 15.7. The fourth-order valence-corrected chi connectivity index (χ4v) is 2.35. The van der Waals surface area contributed by atoms with Crippen molar-refractivity contribution in [3.63, 3.8) is 0 Å².